The summed E-state index contributed by atoms with van der Waals surface area (Å²) in [7, 11) is 0. The maximum Gasteiger partial charge on any atom is 0.353 e. The maximum atomic E-state index is 12.3. The van der Waals surface area contributed by atoms with Gasteiger partial charge in [0, 0.05) is 18.5 Å². The zero-order valence-electron chi connectivity index (χ0n) is 10.6. The molecule has 6 nitrogen and oxygen atoms in total. The molecule has 0 aromatic rings. The van der Waals surface area contributed by atoms with Crippen LogP contribution >= 0.6 is 0 Å². The number of carbonyl (C=O) groups excluding carboxylic acids is 1. The minimum Gasteiger partial charge on any atom is -0.477 e. The van der Waals surface area contributed by atoms with Crippen LogP contribution in [0.3, 0.4) is 0 Å². The van der Waals surface area contributed by atoms with Gasteiger partial charge in [-0.1, -0.05) is 5.16 Å². The van der Waals surface area contributed by atoms with Gasteiger partial charge in [0.2, 0.25) is 6.10 Å². The first-order valence-corrected chi connectivity index (χ1v) is 6.29. The number of aliphatic carboxylic acids is 1. The number of amides is 1. The van der Waals surface area contributed by atoms with E-state index in [9.17, 15) is 9.59 Å². The molecule has 0 spiro atoms. The van der Waals surface area contributed by atoms with Crippen molar-refractivity contribution < 1.29 is 19.5 Å². The molecule has 2 heterocycles. The average Bonchev–Trinajstić information content (AvgIpc) is 2.77. The molecule has 0 bridgehead atoms. The molecule has 0 aliphatic carbocycles. The van der Waals surface area contributed by atoms with Crippen LogP contribution in [-0.4, -0.2) is 45.8 Å². The summed E-state index contributed by atoms with van der Waals surface area (Å²) < 4.78 is 0. The van der Waals surface area contributed by atoms with Gasteiger partial charge in [-0.3, -0.25) is 4.79 Å². The molecule has 18 heavy (non-hydrogen) atoms. The first-order valence-electron chi connectivity index (χ1n) is 6.29. The van der Waals surface area contributed by atoms with E-state index in [0.717, 1.165) is 19.3 Å². The molecular formula is C12H18N2O4. The predicted molar refractivity (Wildman–Crippen MR) is 64.2 cm³/mol. The Morgan fingerprint density at radius 3 is 2.44 bits per heavy atom. The van der Waals surface area contributed by atoms with Gasteiger partial charge < -0.3 is 14.8 Å². The van der Waals surface area contributed by atoms with E-state index in [1.165, 1.54) is 0 Å². The SMILES string of the molecule is C[C@@H]1CCC[C@H](C)N1C(=O)C1CC(C(=O)O)=NO1. The standard InChI is InChI=1S/C12H18N2O4/c1-7-4-3-5-8(2)14(7)11(15)10-6-9(12(16)17)13-18-10/h7-8,10H,3-6H2,1-2H3,(H,16,17)/t7-,8+,10?. The molecule has 100 valence electrons. The molecule has 6 heteroatoms. The van der Waals surface area contributed by atoms with Gasteiger partial charge in [-0.05, 0) is 33.1 Å². The number of likely N-dealkylation sites (tertiary alicyclic amines) is 1. The third kappa shape index (κ3) is 2.32. The Hall–Kier alpha value is -1.59. The number of carboxylic acids is 1. The quantitative estimate of drug-likeness (QED) is 0.797. The van der Waals surface area contributed by atoms with Crippen LogP contribution in [0, 0.1) is 0 Å². The molecule has 0 saturated carbocycles. The van der Waals surface area contributed by atoms with Crippen LogP contribution in [0.5, 0.6) is 0 Å². The topological polar surface area (TPSA) is 79.2 Å². The molecule has 3 atom stereocenters. The van der Waals surface area contributed by atoms with Gasteiger partial charge in [0.1, 0.15) is 0 Å². The van der Waals surface area contributed by atoms with Gasteiger partial charge in [0.15, 0.2) is 5.71 Å². The second-order valence-corrected chi connectivity index (χ2v) is 5.02. The van der Waals surface area contributed by atoms with E-state index in [1.807, 2.05) is 18.7 Å². The van der Waals surface area contributed by atoms with E-state index in [-0.39, 0.29) is 30.1 Å². The van der Waals surface area contributed by atoms with Crippen molar-refractivity contribution in [1.29, 1.82) is 0 Å². The van der Waals surface area contributed by atoms with Gasteiger partial charge in [0.25, 0.3) is 5.91 Å². The fourth-order valence-electron chi connectivity index (χ4n) is 2.66. The molecule has 1 unspecified atom stereocenters. The number of carboxylic acid groups (broad SMARTS) is 1. The fourth-order valence-corrected chi connectivity index (χ4v) is 2.66. The van der Waals surface area contributed by atoms with Crippen LogP contribution in [0.15, 0.2) is 5.16 Å². The second kappa shape index (κ2) is 4.96. The van der Waals surface area contributed by atoms with Crippen LogP contribution in [0.25, 0.3) is 0 Å². The Labute approximate surface area is 106 Å². The molecule has 1 amide bonds. The Balaban J connectivity index is 2.02. The van der Waals surface area contributed by atoms with Crippen LogP contribution < -0.4 is 0 Å². The first kappa shape index (κ1) is 12.9. The number of nitrogens with zero attached hydrogens (tertiary/aromatic N) is 2. The van der Waals surface area contributed by atoms with Crippen molar-refractivity contribution in [1.82, 2.24) is 4.90 Å². The highest BCUT2D eigenvalue weighted by atomic mass is 16.6. The Morgan fingerprint density at radius 1 is 1.33 bits per heavy atom. The van der Waals surface area contributed by atoms with Gasteiger partial charge >= 0.3 is 5.97 Å². The number of oxime groups is 1. The Bertz CT molecular complexity index is 384. The summed E-state index contributed by atoms with van der Waals surface area (Å²) in [5.41, 5.74) is -0.0781. The Morgan fingerprint density at radius 2 is 1.94 bits per heavy atom. The van der Waals surface area contributed by atoms with Crippen LogP contribution in [0.1, 0.15) is 39.5 Å². The molecule has 2 rings (SSSR count). The number of piperidine rings is 1. The van der Waals surface area contributed by atoms with E-state index in [2.05, 4.69) is 5.16 Å². The molecular weight excluding hydrogens is 236 g/mol. The molecule has 1 saturated heterocycles. The number of rotatable bonds is 2. The predicted octanol–water partition coefficient (Wildman–Crippen LogP) is 1.01. The summed E-state index contributed by atoms with van der Waals surface area (Å²) in [6, 6.07) is 0.359. The zero-order valence-corrected chi connectivity index (χ0v) is 10.6. The van der Waals surface area contributed by atoms with Crippen molar-refractivity contribution in [3.8, 4) is 0 Å². The molecule has 0 aromatic heterocycles. The largest absolute Gasteiger partial charge is 0.477 e. The second-order valence-electron chi connectivity index (χ2n) is 5.02. The van der Waals surface area contributed by atoms with Gasteiger partial charge in [0.05, 0.1) is 0 Å². The van der Waals surface area contributed by atoms with Crippen LogP contribution in [0.2, 0.25) is 0 Å². The summed E-state index contributed by atoms with van der Waals surface area (Å²) in [6.07, 6.45) is 2.38. The minimum absolute atomic E-state index is 0.0596. The van der Waals surface area contributed by atoms with Crippen molar-refractivity contribution in [3.05, 3.63) is 0 Å². The zero-order chi connectivity index (χ0) is 13.3. The summed E-state index contributed by atoms with van der Waals surface area (Å²) in [5, 5.41) is 12.2. The third-order valence-electron chi connectivity index (χ3n) is 3.64. The van der Waals surface area contributed by atoms with E-state index in [0.29, 0.717) is 0 Å². The highest BCUT2D eigenvalue weighted by Crippen LogP contribution is 2.25. The lowest BCUT2D eigenvalue weighted by molar-refractivity contribution is -0.148. The molecule has 0 aromatic carbocycles. The highest BCUT2D eigenvalue weighted by molar-refractivity contribution is 6.36. The van der Waals surface area contributed by atoms with Crippen molar-refractivity contribution in [2.75, 3.05) is 0 Å². The van der Waals surface area contributed by atoms with Crippen molar-refractivity contribution in [2.24, 2.45) is 5.16 Å². The van der Waals surface area contributed by atoms with E-state index in [1.54, 1.807) is 0 Å². The maximum absolute atomic E-state index is 12.3. The normalized spacial score (nSPS) is 31.8. The number of hydrogen-bond donors (Lipinski definition) is 1. The Kier molecular flexibility index (Phi) is 3.54. The first-order chi connectivity index (χ1) is 8.50. The molecule has 2 aliphatic rings. The van der Waals surface area contributed by atoms with Gasteiger partial charge in [-0.15, -0.1) is 0 Å². The highest BCUT2D eigenvalue weighted by Gasteiger charge is 2.38. The summed E-state index contributed by atoms with van der Waals surface area (Å²) in [6.45, 7) is 4.03. The third-order valence-corrected chi connectivity index (χ3v) is 3.64. The number of carbonyl (C=O) groups is 2. The molecule has 2 aliphatic heterocycles. The van der Waals surface area contributed by atoms with E-state index < -0.39 is 12.1 Å². The van der Waals surface area contributed by atoms with E-state index in [4.69, 9.17) is 9.94 Å². The van der Waals surface area contributed by atoms with Gasteiger partial charge in [-0.2, -0.15) is 0 Å². The summed E-state index contributed by atoms with van der Waals surface area (Å²) >= 11 is 0. The minimum atomic E-state index is -1.12. The van der Waals surface area contributed by atoms with Crippen molar-refractivity contribution in [3.63, 3.8) is 0 Å². The molecule has 1 N–H and O–H groups in total. The average molecular weight is 254 g/mol. The van der Waals surface area contributed by atoms with Crippen molar-refractivity contribution in [2.45, 2.75) is 57.7 Å². The summed E-state index contributed by atoms with van der Waals surface area (Å²) in [5.74, 6) is -1.26. The van der Waals surface area contributed by atoms with Crippen molar-refractivity contribution >= 4 is 17.6 Å². The monoisotopic (exact) mass is 254 g/mol. The van der Waals surface area contributed by atoms with Crippen LogP contribution in [-0.2, 0) is 14.4 Å². The lowest BCUT2D eigenvalue weighted by Gasteiger charge is -2.39. The van der Waals surface area contributed by atoms with E-state index >= 15 is 0 Å². The lowest BCUT2D eigenvalue weighted by atomic mass is 9.96. The van der Waals surface area contributed by atoms with Crippen LogP contribution in [0.4, 0.5) is 0 Å². The smallest absolute Gasteiger partial charge is 0.353 e. The van der Waals surface area contributed by atoms with Gasteiger partial charge in [-0.25, -0.2) is 4.79 Å². The molecule has 1 fully saturated rings. The molecule has 0 radical (unpaired) electrons. The fraction of sp³-hybridized carbons (Fsp3) is 0.750. The number of hydrogen-bond acceptors (Lipinski definition) is 4. The summed E-state index contributed by atoms with van der Waals surface area (Å²) in [4.78, 5) is 29.8. The lowest BCUT2D eigenvalue weighted by Crippen LogP contribution is -2.51.